The lowest BCUT2D eigenvalue weighted by molar-refractivity contribution is -0.122. The van der Waals surface area contributed by atoms with E-state index in [2.05, 4.69) is 5.32 Å². The van der Waals surface area contributed by atoms with Gasteiger partial charge in [-0.2, -0.15) is 0 Å². The minimum atomic E-state index is -0.757. The van der Waals surface area contributed by atoms with Gasteiger partial charge in [-0.1, -0.05) is 6.07 Å². The van der Waals surface area contributed by atoms with Gasteiger partial charge in [-0.15, -0.1) is 0 Å². The van der Waals surface area contributed by atoms with Crippen LogP contribution in [0.3, 0.4) is 0 Å². The maximum Gasteiger partial charge on any atom is 0.265 e. The van der Waals surface area contributed by atoms with Gasteiger partial charge in [-0.25, -0.2) is 4.39 Å². The summed E-state index contributed by atoms with van der Waals surface area (Å²) in [6.07, 6.45) is 1.51. The molecule has 0 radical (unpaired) electrons. The van der Waals surface area contributed by atoms with Gasteiger partial charge in [-0.05, 0) is 56.2 Å². The van der Waals surface area contributed by atoms with Crippen LogP contribution >= 0.6 is 0 Å². The van der Waals surface area contributed by atoms with E-state index >= 15 is 0 Å². The second-order valence-corrected chi connectivity index (χ2v) is 6.18. The van der Waals surface area contributed by atoms with E-state index < -0.39 is 11.9 Å². The number of anilines is 1. The van der Waals surface area contributed by atoms with E-state index in [0.29, 0.717) is 18.0 Å². The zero-order valence-electron chi connectivity index (χ0n) is 14.6. The Morgan fingerprint density at radius 1 is 1.27 bits per heavy atom. The summed E-state index contributed by atoms with van der Waals surface area (Å²) in [5.41, 5.74) is 0.633. The predicted molar refractivity (Wildman–Crippen MR) is 96.0 cm³/mol. The van der Waals surface area contributed by atoms with E-state index in [9.17, 15) is 9.18 Å². The number of benzene rings is 2. The number of rotatable bonds is 7. The third-order valence-corrected chi connectivity index (χ3v) is 4.06. The molecule has 1 amide bonds. The summed E-state index contributed by atoms with van der Waals surface area (Å²) >= 11 is 0. The first kappa shape index (κ1) is 18.2. The number of carbonyl (C=O) groups is 1. The van der Waals surface area contributed by atoms with Gasteiger partial charge >= 0.3 is 0 Å². The van der Waals surface area contributed by atoms with E-state index in [1.165, 1.54) is 18.2 Å². The van der Waals surface area contributed by atoms with Crippen LogP contribution in [0.15, 0.2) is 48.5 Å². The third-order valence-electron chi connectivity index (χ3n) is 4.06. The maximum absolute atomic E-state index is 13.2. The Balaban J connectivity index is 1.48. The minimum absolute atomic E-state index is 0.162. The standard InChI is InChI=1S/C20H22FNO4/c1-14(26-18-5-2-4-15(21)12-18)20(23)22-16-7-9-17(10-8-16)25-13-19-6-3-11-24-19/h2,4-5,7-10,12,14,19H,3,6,11,13H2,1H3,(H,22,23). The van der Waals surface area contributed by atoms with Gasteiger partial charge in [0.05, 0.1) is 6.10 Å². The van der Waals surface area contributed by atoms with Crippen LogP contribution in [0.5, 0.6) is 11.5 Å². The van der Waals surface area contributed by atoms with Crippen molar-refractivity contribution in [3.05, 3.63) is 54.3 Å². The van der Waals surface area contributed by atoms with Gasteiger partial charge in [0, 0.05) is 18.4 Å². The first-order chi connectivity index (χ1) is 12.6. The van der Waals surface area contributed by atoms with Crippen molar-refractivity contribution in [2.24, 2.45) is 0 Å². The quantitative estimate of drug-likeness (QED) is 0.817. The molecule has 26 heavy (non-hydrogen) atoms. The average molecular weight is 359 g/mol. The van der Waals surface area contributed by atoms with Crippen molar-refractivity contribution < 1.29 is 23.4 Å². The van der Waals surface area contributed by atoms with E-state index in [1.807, 2.05) is 0 Å². The Morgan fingerprint density at radius 2 is 2.08 bits per heavy atom. The predicted octanol–water partition coefficient (Wildman–Crippen LogP) is 3.79. The molecule has 0 spiro atoms. The Bertz CT molecular complexity index is 729. The van der Waals surface area contributed by atoms with Gasteiger partial charge in [0.25, 0.3) is 5.91 Å². The molecule has 0 saturated carbocycles. The van der Waals surface area contributed by atoms with E-state index in [4.69, 9.17) is 14.2 Å². The normalized spacial score (nSPS) is 17.5. The van der Waals surface area contributed by atoms with Crippen LogP contribution in [0.2, 0.25) is 0 Å². The summed E-state index contributed by atoms with van der Waals surface area (Å²) in [6.45, 7) is 2.94. The molecule has 0 aromatic heterocycles. The summed E-state index contributed by atoms with van der Waals surface area (Å²) in [7, 11) is 0. The van der Waals surface area contributed by atoms with Crippen LogP contribution in [0, 0.1) is 5.82 Å². The molecule has 2 aromatic rings. The number of nitrogens with one attached hydrogen (secondary N) is 1. The zero-order chi connectivity index (χ0) is 18.4. The van der Waals surface area contributed by atoms with Gasteiger partial charge in [0.15, 0.2) is 6.10 Å². The molecular weight excluding hydrogens is 337 g/mol. The third kappa shape index (κ3) is 5.20. The molecule has 0 bridgehead atoms. The van der Waals surface area contributed by atoms with Crippen LogP contribution in [-0.2, 0) is 9.53 Å². The second-order valence-electron chi connectivity index (χ2n) is 6.18. The number of hydrogen-bond acceptors (Lipinski definition) is 4. The molecule has 1 fully saturated rings. The Hall–Kier alpha value is -2.60. The number of amides is 1. The van der Waals surface area contributed by atoms with Crippen LogP contribution < -0.4 is 14.8 Å². The molecule has 1 saturated heterocycles. The van der Waals surface area contributed by atoms with Crippen molar-refractivity contribution in [1.29, 1.82) is 0 Å². The van der Waals surface area contributed by atoms with Crippen LogP contribution in [0.4, 0.5) is 10.1 Å². The summed E-state index contributed by atoms with van der Waals surface area (Å²) in [5, 5.41) is 2.76. The molecular formula is C20H22FNO4. The molecule has 1 aliphatic rings. The Morgan fingerprint density at radius 3 is 2.77 bits per heavy atom. The lowest BCUT2D eigenvalue weighted by Gasteiger charge is -2.15. The number of carbonyl (C=O) groups excluding carboxylic acids is 1. The highest BCUT2D eigenvalue weighted by molar-refractivity contribution is 5.94. The van der Waals surface area contributed by atoms with Crippen molar-refractivity contribution in [3.8, 4) is 11.5 Å². The lowest BCUT2D eigenvalue weighted by Crippen LogP contribution is -2.30. The fraction of sp³-hybridized carbons (Fsp3) is 0.350. The number of hydrogen-bond donors (Lipinski definition) is 1. The van der Waals surface area contributed by atoms with Crippen LogP contribution in [-0.4, -0.2) is 31.3 Å². The summed E-state index contributed by atoms with van der Waals surface area (Å²) in [5.74, 6) is 0.309. The zero-order valence-corrected chi connectivity index (χ0v) is 14.6. The summed E-state index contributed by atoms with van der Waals surface area (Å²) in [6, 6.07) is 12.8. The van der Waals surface area contributed by atoms with Crippen molar-refractivity contribution >= 4 is 11.6 Å². The lowest BCUT2D eigenvalue weighted by atomic mass is 10.2. The van der Waals surface area contributed by atoms with Gasteiger partial charge in [0.2, 0.25) is 0 Å². The highest BCUT2D eigenvalue weighted by Crippen LogP contribution is 2.19. The minimum Gasteiger partial charge on any atom is -0.491 e. The molecule has 1 aliphatic heterocycles. The monoisotopic (exact) mass is 359 g/mol. The smallest absolute Gasteiger partial charge is 0.265 e. The molecule has 2 atom stereocenters. The van der Waals surface area contributed by atoms with Gasteiger partial charge < -0.3 is 19.5 Å². The van der Waals surface area contributed by atoms with Crippen molar-refractivity contribution in [2.75, 3.05) is 18.5 Å². The highest BCUT2D eigenvalue weighted by atomic mass is 19.1. The number of halogens is 1. The first-order valence-corrected chi connectivity index (χ1v) is 8.68. The molecule has 1 heterocycles. The van der Waals surface area contributed by atoms with Crippen molar-refractivity contribution in [1.82, 2.24) is 0 Å². The van der Waals surface area contributed by atoms with E-state index in [0.717, 1.165) is 25.2 Å². The molecule has 138 valence electrons. The largest absolute Gasteiger partial charge is 0.491 e. The first-order valence-electron chi connectivity index (χ1n) is 8.68. The fourth-order valence-electron chi connectivity index (χ4n) is 2.64. The van der Waals surface area contributed by atoms with E-state index in [1.54, 1.807) is 37.3 Å². The molecule has 0 aliphatic carbocycles. The SMILES string of the molecule is CC(Oc1cccc(F)c1)C(=O)Nc1ccc(OCC2CCCO2)cc1. The molecule has 6 heteroatoms. The maximum atomic E-state index is 13.2. The summed E-state index contributed by atoms with van der Waals surface area (Å²) in [4.78, 5) is 12.2. The van der Waals surface area contributed by atoms with Gasteiger partial charge in [0.1, 0.15) is 23.9 Å². The molecule has 3 rings (SSSR count). The van der Waals surface area contributed by atoms with E-state index in [-0.39, 0.29) is 12.0 Å². The highest BCUT2D eigenvalue weighted by Gasteiger charge is 2.17. The Kier molecular flexibility index (Phi) is 6.07. The fourth-order valence-corrected chi connectivity index (χ4v) is 2.64. The molecule has 1 N–H and O–H groups in total. The van der Waals surface area contributed by atoms with Crippen LogP contribution in [0.1, 0.15) is 19.8 Å². The van der Waals surface area contributed by atoms with Gasteiger partial charge in [-0.3, -0.25) is 4.79 Å². The van der Waals surface area contributed by atoms with Crippen molar-refractivity contribution in [3.63, 3.8) is 0 Å². The van der Waals surface area contributed by atoms with Crippen LogP contribution in [0.25, 0.3) is 0 Å². The molecule has 2 unspecified atom stereocenters. The topological polar surface area (TPSA) is 56.8 Å². The number of ether oxygens (including phenoxy) is 3. The second kappa shape index (κ2) is 8.67. The molecule has 2 aromatic carbocycles. The average Bonchev–Trinajstić information content (AvgIpc) is 3.14. The van der Waals surface area contributed by atoms with Crippen molar-refractivity contribution in [2.45, 2.75) is 32.0 Å². The summed E-state index contributed by atoms with van der Waals surface area (Å²) < 4.78 is 29.8. The Labute approximate surface area is 152 Å². The molecule has 5 nitrogen and oxygen atoms in total.